The molecule has 0 radical (unpaired) electrons. The van der Waals surface area contributed by atoms with Crippen LogP contribution >= 0.6 is 0 Å². The molecule has 1 saturated carbocycles. The number of hydrogen-bond acceptors (Lipinski definition) is 5. The van der Waals surface area contributed by atoms with E-state index in [9.17, 15) is 22.1 Å². The van der Waals surface area contributed by atoms with Crippen molar-refractivity contribution in [3.05, 3.63) is 90.0 Å². The average Bonchev–Trinajstić information content (AvgIpc) is 3.21. The lowest BCUT2D eigenvalue weighted by Gasteiger charge is -2.37. The fourth-order valence-corrected chi connectivity index (χ4v) is 6.85. The third-order valence-corrected chi connectivity index (χ3v) is 9.44. The second-order valence-corrected chi connectivity index (χ2v) is 12.1. The maximum Gasteiger partial charge on any atom is 0.269 e. The number of aliphatic hydroxyl groups is 1. The lowest BCUT2D eigenvalue weighted by Crippen LogP contribution is -2.28. The van der Waals surface area contributed by atoms with Gasteiger partial charge in [0.25, 0.3) is 10.0 Å². The molecule has 0 saturated heterocycles. The molecule has 0 amide bonds. The Bertz CT molecular complexity index is 1500. The number of nitrogens with zero attached hydrogens (tertiary/aromatic N) is 2. The molecule has 2 heterocycles. The molecular formula is C26H25FN2O4S2. The second-order valence-electron chi connectivity index (χ2n) is 8.90. The molecule has 1 aliphatic rings. The van der Waals surface area contributed by atoms with Crippen LogP contribution in [0.15, 0.2) is 82.7 Å². The van der Waals surface area contributed by atoms with Crippen LogP contribution in [-0.4, -0.2) is 32.9 Å². The highest BCUT2D eigenvalue weighted by molar-refractivity contribution is 7.90. The normalized spacial score (nSPS) is 17.1. The van der Waals surface area contributed by atoms with E-state index in [0.29, 0.717) is 10.3 Å². The number of aromatic nitrogens is 2. The Morgan fingerprint density at radius 1 is 1.09 bits per heavy atom. The van der Waals surface area contributed by atoms with E-state index in [0.717, 1.165) is 35.0 Å². The SMILES string of the molecule is CS(=O)c1ccc(C(C2CCC2)C(O)c2cc3cc(F)cnc3n2S(=O)(=O)c2ccccc2)cc1. The minimum Gasteiger partial charge on any atom is -0.386 e. The summed E-state index contributed by atoms with van der Waals surface area (Å²) in [5.41, 5.74) is 1.04. The summed E-state index contributed by atoms with van der Waals surface area (Å²) in [6, 6.07) is 17.9. The molecule has 0 aliphatic heterocycles. The van der Waals surface area contributed by atoms with Crippen molar-refractivity contribution in [1.82, 2.24) is 8.96 Å². The topological polar surface area (TPSA) is 89.3 Å². The zero-order valence-electron chi connectivity index (χ0n) is 19.0. The molecule has 5 rings (SSSR count). The average molecular weight is 513 g/mol. The molecule has 182 valence electrons. The molecule has 9 heteroatoms. The van der Waals surface area contributed by atoms with Gasteiger partial charge in [0.15, 0.2) is 5.65 Å². The highest BCUT2D eigenvalue weighted by Crippen LogP contribution is 2.47. The number of aliphatic hydroxyl groups excluding tert-OH is 1. The molecule has 6 nitrogen and oxygen atoms in total. The Morgan fingerprint density at radius 3 is 2.37 bits per heavy atom. The summed E-state index contributed by atoms with van der Waals surface area (Å²) in [5.74, 6) is -0.827. The van der Waals surface area contributed by atoms with Crippen LogP contribution in [0.5, 0.6) is 0 Å². The van der Waals surface area contributed by atoms with Crippen LogP contribution < -0.4 is 0 Å². The van der Waals surface area contributed by atoms with Crippen LogP contribution in [0.25, 0.3) is 11.0 Å². The third-order valence-electron chi connectivity index (χ3n) is 6.77. The molecule has 3 atom stereocenters. The molecule has 1 N–H and O–H groups in total. The van der Waals surface area contributed by atoms with Crippen LogP contribution in [0.3, 0.4) is 0 Å². The van der Waals surface area contributed by atoms with Gasteiger partial charge in [-0.05, 0) is 60.7 Å². The maximum absolute atomic E-state index is 14.0. The summed E-state index contributed by atoms with van der Waals surface area (Å²) in [6.45, 7) is 0. The van der Waals surface area contributed by atoms with Gasteiger partial charge in [-0.2, -0.15) is 0 Å². The van der Waals surface area contributed by atoms with Crippen LogP contribution in [0, 0.1) is 11.7 Å². The lowest BCUT2D eigenvalue weighted by atomic mass is 9.70. The molecule has 3 unspecified atom stereocenters. The minimum atomic E-state index is -4.13. The van der Waals surface area contributed by atoms with E-state index >= 15 is 0 Å². The van der Waals surface area contributed by atoms with E-state index in [1.165, 1.54) is 24.3 Å². The second kappa shape index (κ2) is 9.29. The highest BCUT2D eigenvalue weighted by atomic mass is 32.2. The molecule has 0 spiro atoms. The lowest BCUT2D eigenvalue weighted by molar-refractivity contribution is 0.0835. The Labute approximate surface area is 206 Å². The number of halogens is 1. The van der Waals surface area contributed by atoms with Gasteiger partial charge in [-0.25, -0.2) is 21.8 Å². The van der Waals surface area contributed by atoms with E-state index in [4.69, 9.17) is 0 Å². The van der Waals surface area contributed by atoms with E-state index in [-0.39, 0.29) is 28.1 Å². The van der Waals surface area contributed by atoms with Gasteiger partial charge in [0.2, 0.25) is 0 Å². The van der Waals surface area contributed by atoms with E-state index in [1.807, 2.05) is 12.1 Å². The summed E-state index contributed by atoms with van der Waals surface area (Å²) >= 11 is 0. The number of rotatable bonds is 7. The van der Waals surface area contributed by atoms with Gasteiger partial charge in [-0.1, -0.05) is 36.8 Å². The molecule has 1 aliphatic carbocycles. The fourth-order valence-electron chi connectivity index (χ4n) is 4.80. The molecule has 0 bridgehead atoms. The predicted octanol–water partition coefficient (Wildman–Crippen LogP) is 4.77. The van der Waals surface area contributed by atoms with Crippen molar-refractivity contribution < 1.29 is 22.1 Å². The van der Waals surface area contributed by atoms with Crippen molar-refractivity contribution in [1.29, 1.82) is 0 Å². The first-order valence-electron chi connectivity index (χ1n) is 11.4. The number of fused-ring (bicyclic) bond motifs is 1. The van der Waals surface area contributed by atoms with Crippen molar-refractivity contribution in [3.8, 4) is 0 Å². The standard InChI is InChI=1S/C26H25FN2O4S2/c1-34(31)21-12-10-18(11-13-21)24(17-6-5-7-17)25(30)23-15-19-14-20(27)16-28-26(19)29(23)35(32,33)22-8-3-2-4-9-22/h2-4,8-17,24-25,30H,5-7H2,1H3. The van der Waals surface area contributed by atoms with Gasteiger partial charge >= 0.3 is 0 Å². The molecule has 35 heavy (non-hydrogen) atoms. The Kier molecular flexibility index (Phi) is 6.33. The summed E-state index contributed by atoms with van der Waals surface area (Å²) < 4.78 is 54.4. The fraction of sp³-hybridized carbons (Fsp3) is 0.269. The van der Waals surface area contributed by atoms with Gasteiger partial charge in [0.1, 0.15) is 11.9 Å². The first-order chi connectivity index (χ1) is 16.8. The third kappa shape index (κ3) is 4.32. The molecule has 2 aromatic heterocycles. The Balaban J connectivity index is 1.68. The summed E-state index contributed by atoms with van der Waals surface area (Å²) in [6.07, 6.45) is 4.23. The number of pyridine rings is 1. The molecule has 1 fully saturated rings. The Hall–Kier alpha value is -2.88. The molecule has 2 aromatic carbocycles. The van der Waals surface area contributed by atoms with Crippen molar-refractivity contribution in [2.75, 3.05) is 6.26 Å². The van der Waals surface area contributed by atoms with Crippen molar-refractivity contribution >= 4 is 31.9 Å². The van der Waals surface area contributed by atoms with Gasteiger partial charge in [-0.15, -0.1) is 0 Å². The Morgan fingerprint density at radius 2 is 1.77 bits per heavy atom. The van der Waals surface area contributed by atoms with Gasteiger partial charge in [0, 0.05) is 33.3 Å². The predicted molar refractivity (Wildman–Crippen MR) is 133 cm³/mol. The van der Waals surface area contributed by atoms with Crippen molar-refractivity contribution in [2.24, 2.45) is 5.92 Å². The minimum absolute atomic E-state index is 0.0482. The summed E-state index contributed by atoms with van der Waals surface area (Å²) in [5, 5.41) is 12.0. The molecule has 4 aromatic rings. The first-order valence-corrected chi connectivity index (χ1v) is 14.4. The zero-order valence-corrected chi connectivity index (χ0v) is 20.7. The van der Waals surface area contributed by atoms with Crippen molar-refractivity contribution in [3.63, 3.8) is 0 Å². The van der Waals surface area contributed by atoms with Crippen LogP contribution in [0.4, 0.5) is 4.39 Å². The van der Waals surface area contributed by atoms with E-state index in [2.05, 4.69) is 4.98 Å². The van der Waals surface area contributed by atoms with Crippen LogP contribution in [0.2, 0.25) is 0 Å². The summed E-state index contributed by atoms with van der Waals surface area (Å²) in [7, 11) is -5.26. The van der Waals surface area contributed by atoms with Gasteiger partial charge in [0.05, 0.1) is 16.8 Å². The zero-order chi connectivity index (χ0) is 24.7. The summed E-state index contributed by atoms with van der Waals surface area (Å²) in [4.78, 5) is 4.81. The largest absolute Gasteiger partial charge is 0.386 e. The van der Waals surface area contributed by atoms with E-state index in [1.54, 1.807) is 36.6 Å². The smallest absolute Gasteiger partial charge is 0.269 e. The quantitative estimate of drug-likeness (QED) is 0.385. The number of benzene rings is 2. The first kappa shape index (κ1) is 23.8. The maximum atomic E-state index is 14.0. The van der Waals surface area contributed by atoms with E-state index < -0.39 is 32.7 Å². The monoisotopic (exact) mass is 512 g/mol. The van der Waals surface area contributed by atoms with Gasteiger partial charge in [-0.3, -0.25) is 4.21 Å². The highest BCUT2D eigenvalue weighted by Gasteiger charge is 2.38. The van der Waals surface area contributed by atoms with Crippen LogP contribution in [0.1, 0.15) is 42.5 Å². The van der Waals surface area contributed by atoms with Crippen molar-refractivity contribution in [2.45, 2.75) is 41.1 Å². The van der Waals surface area contributed by atoms with Crippen LogP contribution in [-0.2, 0) is 20.8 Å². The number of hydrogen-bond donors (Lipinski definition) is 1. The molecular weight excluding hydrogens is 487 g/mol. The van der Waals surface area contributed by atoms with Gasteiger partial charge < -0.3 is 5.11 Å².